The van der Waals surface area contributed by atoms with Crippen LogP contribution in [0.25, 0.3) is 0 Å². The van der Waals surface area contributed by atoms with E-state index in [2.05, 4.69) is 41.4 Å². The van der Waals surface area contributed by atoms with Gasteiger partial charge in [-0.2, -0.15) is 0 Å². The molecule has 1 aliphatic carbocycles. The van der Waals surface area contributed by atoms with E-state index in [4.69, 9.17) is 0 Å². The maximum absolute atomic E-state index is 12.3. The number of nitrogens with one attached hydrogen (secondary N) is 1. The molecule has 1 saturated heterocycles. The number of carbonyl (C=O) groups is 1. The highest BCUT2D eigenvalue weighted by Gasteiger charge is 2.24. The Kier molecular flexibility index (Phi) is 6.35. The molecule has 2 fully saturated rings. The monoisotopic (exact) mass is 344 g/mol. The van der Waals surface area contributed by atoms with Gasteiger partial charge >= 0.3 is 0 Å². The summed E-state index contributed by atoms with van der Waals surface area (Å²) < 4.78 is 0. The molecule has 25 heavy (non-hydrogen) atoms. The van der Waals surface area contributed by atoms with Gasteiger partial charge in [-0.05, 0) is 68.1 Å². The number of nitrogens with zero attached hydrogens (tertiary/aromatic N) is 1. The van der Waals surface area contributed by atoms with Crippen LogP contribution in [0.5, 0.6) is 0 Å². The van der Waals surface area contributed by atoms with Crippen LogP contribution >= 0.6 is 0 Å². The summed E-state index contributed by atoms with van der Waals surface area (Å²) in [6, 6.07) is 8.56. The molecule has 1 aromatic carbocycles. The molecule has 2 aliphatic rings. The molecule has 0 aromatic heterocycles. The first-order valence-electron chi connectivity index (χ1n) is 9.88. The number of aliphatic hydroxyl groups excluding tert-OH is 1. The average Bonchev–Trinajstić information content (AvgIpc) is 2.67. The van der Waals surface area contributed by atoms with Gasteiger partial charge in [0.25, 0.3) is 0 Å². The van der Waals surface area contributed by atoms with Gasteiger partial charge in [0.2, 0.25) is 5.91 Å². The van der Waals surface area contributed by atoms with Gasteiger partial charge in [-0.15, -0.1) is 0 Å². The minimum Gasteiger partial charge on any atom is -0.396 e. The maximum Gasteiger partial charge on any atom is 0.223 e. The lowest BCUT2D eigenvalue weighted by Crippen LogP contribution is -2.34. The highest BCUT2D eigenvalue weighted by atomic mass is 16.3. The lowest BCUT2D eigenvalue weighted by Gasteiger charge is -2.33. The lowest BCUT2D eigenvalue weighted by molar-refractivity contribution is -0.126. The van der Waals surface area contributed by atoms with E-state index in [1.165, 1.54) is 18.5 Å². The van der Waals surface area contributed by atoms with Crippen molar-refractivity contribution in [2.45, 2.75) is 52.0 Å². The van der Waals surface area contributed by atoms with E-state index in [-0.39, 0.29) is 11.8 Å². The Labute approximate surface area is 151 Å². The number of amides is 1. The number of rotatable bonds is 5. The number of piperidine rings is 1. The first kappa shape index (κ1) is 18.2. The van der Waals surface area contributed by atoms with Gasteiger partial charge in [-0.1, -0.05) is 19.1 Å². The van der Waals surface area contributed by atoms with Gasteiger partial charge in [0.1, 0.15) is 0 Å². The molecule has 3 rings (SSSR count). The van der Waals surface area contributed by atoms with Gasteiger partial charge in [-0.3, -0.25) is 4.79 Å². The van der Waals surface area contributed by atoms with Crippen molar-refractivity contribution in [2.24, 2.45) is 17.8 Å². The van der Waals surface area contributed by atoms with Crippen molar-refractivity contribution in [3.63, 3.8) is 0 Å². The molecule has 2 N–H and O–H groups in total. The Hall–Kier alpha value is -1.55. The van der Waals surface area contributed by atoms with Gasteiger partial charge in [0.05, 0.1) is 0 Å². The molecule has 0 radical (unpaired) electrons. The molecule has 4 nitrogen and oxygen atoms in total. The van der Waals surface area contributed by atoms with E-state index in [1.807, 2.05) is 0 Å². The average molecular weight is 344 g/mol. The summed E-state index contributed by atoms with van der Waals surface area (Å²) in [6.07, 6.45) is 6.56. The number of hydrogen-bond donors (Lipinski definition) is 2. The second-order valence-corrected chi connectivity index (χ2v) is 7.95. The highest BCUT2D eigenvalue weighted by Crippen LogP contribution is 2.28. The number of benzene rings is 1. The first-order valence-corrected chi connectivity index (χ1v) is 9.88. The summed E-state index contributed by atoms with van der Waals surface area (Å²) in [5.74, 6) is 1.68. The largest absolute Gasteiger partial charge is 0.396 e. The fourth-order valence-electron chi connectivity index (χ4n) is 4.05. The number of anilines is 1. The number of hydrogen-bond acceptors (Lipinski definition) is 3. The summed E-state index contributed by atoms with van der Waals surface area (Å²) in [7, 11) is 0. The standard InChI is InChI=1S/C21H32N2O2/c1-16-2-6-19(7-3-16)21(25)22-14-17-4-8-20(9-5-17)23-12-10-18(15-24)11-13-23/h4-5,8-9,16,18-19,24H,2-3,6-7,10-15H2,1H3,(H,22,25). The van der Waals surface area contributed by atoms with Crippen molar-refractivity contribution in [3.8, 4) is 0 Å². The van der Waals surface area contributed by atoms with Crippen LogP contribution in [0.3, 0.4) is 0 Å². The quantitative estimate of drug-likeness (QED) is 0.861. The van der Waals surface area contributed by atoms with Crippen molar-refractivity contribution >= 4 is 11.6 Å². The van der Waals surface area contributed by atoms with Crippen LogP contribution in [0.4, 0.5) is 5.69 Å². The maximum atomic E-state index is 12.3. The van der Waals surface area contributed by atoms with Crippen molar-refractivity contribution < 1.29 is 9.90 Å². The minimum absolute atomic E-state index is 0.211. The molecule has 0 bridgehead atoms. The Morgan fingerprint density at radius 3 is 2.32 bits per heavy atom. The van der Waals surface area contributed by atoms with Gasteiger partial charge in [0.15, 0.2) is 0 Å². The third kappa shape index (κ3) is 4.97. The zero-order chi connectivity index (χ0) is 17.6. The van der Waals surface area contributed by atoms with E-state index in [0.29, 0.717) is 19.1 Å². The van der Waals surface area contributed by atoms with Crippen LogP contribution in [0.1, 0.15) is 51.0 Å². The van der Waals surface area contributed by atoms with Gasteiger partial charge in [0, 0.05) is 37.8 Å². The van der Waals surface area contributed by atoms with E-state index >= 15 is 0 Å². The summed E-state index contributed by atoms with van der Waals surface area (Å²) in [4.78, 5) is 14.7. The molecular weight excluding hydrogens is 312 g/mol. The predicted molar refractivity (Wildman–Crippen MR) is 101 cm³/mol. The Balaban J connectivity index is 1.45. The van der Waals surface area contributed by atoms with Crippen molar-refractivity contribution in [2.75, 3.05) is 24.6 Å². The zero-order valence-electron chi connectivity index (χ0n) is 15.4. The molecule has 0 unspecified atom stereocenters. The lowest BCUT2D eigenvalue weighted by atomic mass is 9.82. The summed E-state index contributed by atoms with van der Waals surface area (Å²) >= 11 is 0. The molecule has 1 aliphatic heterocycles. The van der Waals surface area contributed by atoms with Crippen LogP contribution in [0.15, 0.2) is 24.3 Å². The summed E-state index contributed by atoms with van der Waals surface area (Å²) in [5.41, 5.74) is 2.40. The molecular formula is C21H32N2O2. The van der Waals surface area contributed by atoms with E-state index in [0.717, 1.165) is 50.3 Å². The summed E-state index contributed by atoms with van der Waals surface area (Å²) in [6.45, 7) is 5.24. The second-order valence-electron chi connectivity index (χ2n) is 7.95. The Morgan fingerprint density at radius 2 is 1.72 bits per heavy atom. The molecule has 1 aromatic rings. The highest BCUT2D eigenvalue weighted by molar-refractivity contribution is 5.78. The van der Waals surface area contributed by atoms with Crippen molar-refractivity contribution in [1.29, 1.82) is 0 Å². The fourth-order valence-corrected chi connectivity index (χ4v) is 4.05. The van der Waals surface area contributed by atoms with E-state index < -0.39 is 0 Å². The Morgan fingerprint density at radius 1 is 1.08 bits per heavy atom. The minimum atomic E-state index is 0.211. The molecule has 138 valence electrons. The normalized spacial score (nSPS) is 25.0. The van der Waals surface area contributed by atoms with Crippen molar-refractivity contribution in [3.05, 3.63) is 29.8 Å². The van der Waals surface area contributed by atoms with Crippen molar-refractivity contribution in [1.82, 2.24) is 5.32 Å². The smallest absolute Gasteiger partial charge is 0.223 e. The second kappa shape index (κ2) is 8.70. The third-order valence-electron chi connectivity index (χ3n) is 6.03. The Bertz CT molecular complexity index is 542. The zero-order valence-corrected chi connectivity index (χ0v) is 15.4. The fraction of sp³-hybridized carbons (Fsp3) is 0.667. The topological polar surface area (TPSA) is 52.6 Å². The molecule has 1 saturated carbocycles. The molecule has 0 spiro atoms. The molecule has 4 heteroatoms. The molecule has 1 heterocycles. The first-order chi connectivity index (χ1) is 12.2. The third-order valence-corrected chi connectivity index (χ3v) is 6.03. The number of aliphatic hydroxyl groups is 1. The molecule has 1 amide bonds. The van der Waals surface area contributed by atoms with Crippen LogP contribution in [-0.2, 0) is 11.3 Å². The van der Waals surface area contributed by atoms with Crippen LogP contribution in [0, 0.1) is 17.8 Å². The van der Waals surface area contributed by atoms with Crippen LogP contribution in [-0.4, -0.2) is 30.7 Å². The SMILES string of the molecule is CC1CCC(C(=O)NCc2ccc(N3CCC(CO)CC3)cc2)CC1. The van der Waals surface area contributed by atoms with Crippen LogP contribution in [0.2, 0.25) is 0 Å². The molecule has 0 atom stereocenters. The summed E-state index contributed by atoms with van der Waals surface area (Å²) in [5, 5.41) is 12.4. The van der Waals surface area contributed by atoms with E-state index in [9.17, 15) is 9.90 Å². The van der Waals surface area contributed by atoms with Gasteiger partial charge < -0.3 is 15.3 Å². The van der Waals surface area contributed by atoms with Gasteiger partial charge in [-0.25, -0.2) is 0 Å². The predicted octanol–water partition coefficient (Wildman–Crippen LogP) is 3.34. The van der Waals surface area contributed by atoms with Crippen LogP contribution < -0.4 is 10.2 Å². The number of carbonyl (C=O) groups excluding carboxylic acids is 1. The van der Waals surface area contributed by atoms with E-state index in [1.54, 1.807) is 0 Å².